The third-order valence-corrected chi connectivity index (χ3v) is 6.34. The summed E-state index contributed by atoms with van der Waals surface area (Å²) in [6.07, 6.45) is 0. The number of amides is 1. The first-order valence-corrected chi connectivity index (χ1v) is 11.2. The fraction of sp³-hybridized carbons (Fsp3) is 0.160. The predicted octanol–water partition coefficient (Wildman–Crippen LogP) is 4.06. The fourth-order valence-corrected chi connectivity index (χ4v) is 4.66. The molecule has 0 N–H and O–H groups in total. The van der Waals surface area contributed by atoms with Gasteiger partial charge in [-0.2, -0.15) is 4.99 Å². The molecular formula is C25H20N2O5S. The van der Waals surface area contributed by atoms with E-state index in [-0.39, 0.29) is 6.54 Å². The Kier molecular flexibility index (Phi) is 5.66. The monoisotopic (exact) mass is 460 g/mol. The molecule has 0 radical (unpaired) electrons. The second-order valence-corrected chi connectivity index (χ2v) is 8.38. The van der Waals surface area contributed by atoms with Crippen molar-refractivity contribution in [2.24, 2.45) is 4.99 Å². The maximum Gasteiger partial charge on any atom is 0.325 e. The number of benzene rings is 3. The molecule has 7 nitrogen and oxygen atoms in total. The van der Waals surface area contributed by atoms with E-state index in [1.807, 2.05) is 48.5 Å². The molecule has 1 aliphatic heterocycles. The second-order valence-electron chi connectivity index (χ2n) is 7.37. The van der Waals surface area contributed by atoms with Crippen LogP contribution in [0.5, 0.6) is 11.5 Å². The van der Waals surface area contributed by atoms with Crippen molar-refractivity contribution < 1.29 is 23.8 Å². The van der Waals surface area contributed by atoms with Crippen molar-refractivity contribution in [1.29, 1.82) is 0 Å². The predicted molar refractivity (Wildman–Crippen MR) is 125 cm³/mol. The number of methoxy groups -OCH3 is 1. The van der Waals surface area contributed by atoms with E-state index < -0.39 is 11.9 Å². The average molecular weight is 461 g/mol. The Morgan fingerprint density at radius 3 is 2.33 bits per heavy atom. The topological polar surface area (TPSA) is 79.1 Å². The number of hydrogen-bond acceptors (Lipinski definition) is 6. The quantitative estimate of drug-likeness (QED) is 0.429. The van der Waals surface area contributed by atoms with Crippen LogP contribution in [0.2, 0.25) is 0 Å². The van der Waals surface area contributed by atoms with Gasteiger partial charge in [-0.25, -0.2) is 0 Å². The van der Waals surface area contributed by atoms with Gasteiger partial charge >= 0.3 is 5.97 Å². The van der Waals surface area contributed by atoms with Gasteiger partial charge in [0.05, 0.1) is 17.3 Å². The summed E-state index contributed by atoms with van der Waals surface area (Å²) in [6.45, 7) is 0.851. The van der Waals surface area contributed by atoms with Gasteiger partial charge in [-0.1, -0.05) is 53.8 Å². The molecule has 5 rings (SSSR count). The Hall–Kier alpha value is -3.91. The molecule has 1 aliphatic rings. The molecule has 0 saturated heterocycles. The minimum atomic E-state index is -0.439. The first-order valence-electron chi connectivity index (χ1n) is 10.4. The molecule has 0 bridgehead atoms. The van der Waals surface area contributed by atoms with Gasteiger partial charge in [0.2, 0.25) is 0 Å². The third kappa shape index (κ3) is 4.25. The molecule has 0 aliphatic carbocycles. The zero-order valence-corrected chi connectivity index (χ0v) is 18.6. The smallest absolute Gasteiger partial charge is 0.325 e. The lowest BCUT2D eigenvalue weighted by molar-refractivity contribution is -0.141. The highest BCUT2D eigenvalue weighted by atomic mass is 32.1. The van der Waals surface area contributed by atoms with E-state index in [0.29, 0.717) is 35.1 Å². The Bertz CT molecular complexity index is 1400. The lowest BCUT2D eigenvalue weighted by Gasteiger charge is -2.18. The second kappa shape index (κ2) is 8.91. The Balaban J connectivity index is 1.54. The van der Waals surface area contributed by atoms with Gasteiger partial charge in [0.1, 0.15) is 19.8 Å². The molecule has 3 aromatic carbocycles. The van der Waals surface area contributed by atoms with E-state index in [0.717, 1.165) is 21.3 Å². The number of fused-ring (bicyclic) bond motifs is 2. The summed E-state index contributed by atoms with van der Waals surface area (Å²) < 4.78 is 18.7. The van der Waals surface area contributed by atoms with Gasteiger partial charge in [-0.15, -0.1) is 0 Å². The zero-order chi connectivity index (χ0) is 22.8. The van der Waals surface area contributed by atoms with E-state index >= 15 is 0 Å². The maximum atomic E-state index is 13.0. The number of thiazole rings is 1. The molecule has 166 valence electrons. The van der Waals surface area contributed by atoms with E-state index in [9.17, 15) is 9.59 Å². The lowest BCUT2D eigenvalue weighted by Crippen LogP contribution is -2.22. The van der Waals surface area contributed by atoms with Crippen LogP contribution in [-0.2, 0) is 16.1 Å². The molecule has 1 aromatic heterocycles. The van der Waals surface area contributed by atoms with Crippen molar-refractivity contribution in [3.05, 3.63) is 77.1 Å². The van der Waals surface area contributed by atoms with Crippen LogP contribution in [0.1, 0.15) is 10.4 Å². The van der Waals surface area contributed by atoms with Crippen LogP contribution in [-0.4, -0.2) is 36.8 Å². The van der Waals surface area contributed by atoms with Gasteiger partial charge in [-0.3, -0.25) is 9.59 Å². The van der Waals surface area contributed by atoms with E-state index in [1.165, 1.54) is 18.4 Å². The molecule has 8 heteroatoms. The molecule has 4 aromatic rings. The maximum absolute atomic E-state index is 13.0. The first kappa shape index (κ1) is 21.0. The van der Waals surface area contributed by atoms with E-state index in [4.69, 9.17) is 14.2 Å². The van der Waals surface area contributed by atoms with Crippen LogP contribution in [0.4, 0.5) is 0 Å². The highest BCUT2D eigenvalue weighted by molar-refractivity contribution is 7.16. The normalized spacial score (nSPS) is 13.2. The largest absolute Gasteiger partial charge is 0.486 e. The molecule has 0 fully saturated rings. The van der Waals surface area contributed by atoms with Gasteiger partial charge < -0.3 is 18.8 Å². The van der Waals surface area contributed by atoms with E-state index in [2.05, 4.69) is 4.99 Å². The molecule has 0 spiro atoms. The molecule has 0 atom stereocenters. The molecule has 33 heavy (non-hydrogen) atoms. The summed E-state index contributed by atoms with van der Waals surface area (Å²) in [5.41, 5.74) is 3.27. The number of nitrogens with zero attached hydrogens (tertiary/aromatic N) is 2. The van der Waals surface area contributed by atoms with Crippen molar-refractivity contribution in [3.63, 3.8) is 0 Å². The van der Waals surface area contributed by atoms with Crippen LogP contribution in [0.25, 0.3) is 21.3 Å². The molecule has 1 amide bonds. The number of ether oxygens (including phenoxy) is 3. The van der Waals surface area contributed by atoms with Crippen LogP contribution in [0.15, 0.2) is 71.7 Å². The highest BCUT2D eigenvalue weighted by Crippen LogP contribution is 2.35. The van der Waals surface area contributed by atoms with Crippen molar-refractivity contribution in [1.82, 2.24) is 4.57 Å². The van der Waals surface area contributed by atoms with Crippen molar-refractivity contribution in [2.75, 3.05) is 20.3 Å². The van der Waals surface area contributed by atoms with Gasteiger partial charge in [0, 0.05) is 17.7 Å². The van der Waals surface area contributed by atoms with Crippen LogP contribution >= 0.6 is 11.3 Å². The SMILES string of the molecule is COC(=O)Cn1c(=NC(=O)c2ccc(-c3ccccc3)cc2)sc2cc3c(cc21)OCCO3. The molecule has 2 heterocycles. The van der Waals surface area contributed by atoms with Crippen molar-refractivity contribution >= 4 is 33.4 Å². The number of hydrogen-bond donors (Lipinski definition) is 0. The summed E-state index contributed by atoms with van der Waals surface area (Å²) in [7, 11) is 1.33. The molecule has 0 unspecified atom stereocenters. The standard InChI is InChI=1S/C25H20N2O5S/c1-30-23(28)15-27-19-13-20-21(32-12-11-31-20)14-22(19)33-25(27)26-24(29)18-9-7-17(8-10-18)16-5-3-2-4-6-16/h2-10,13-14H,11-12,15H2,1H3. The number of esters is 1. The number of aromatic nitrogens is 1. The summed E-state index contributed by atoms with van der Waals surface area (Å²) in [4.78, 5) is 29.8. The Labute approximate surface area is 193 Å². The van der Waals surface area contributed by atoms with Gasteiger partial charge in [-0.05, 0) is 23.3 Å². The summed E-state index contributed by atoms with van der Waals surface area (Å²) >= 11 is 1.30. The average Bonchev–Trinajstić information content (AvgIpc) is 3.18. The molecular weight excluding hydrogens is 440 g/mol. The minimum Gasteiger partial charge on any atom is -0.486 e. The first-order chi connectivity index (χ1) is 16.1. The van der Waals surface area contributed by atoms with Gasteiger partial charge in [0.15, 0.2) is 16.3 Å². The number of rotatable bonds is 4. The van der Waals surface area contributed by atoms with E-state index in [1.54, 1.807) is 22.8 Å². The summed E-state index contributed by atoms with van der Waals surface area (Å²) in [5.74, 6) is 0.400. The number of carbonyl (C=O) groups is 2. The minimum absolute atomic E-state index is 0.0742. The van der Waals surface area contributed by atoms with Crippen molar-refractivity contribution in [2.45, 2.75) is 6.54 Å². The van der Waals surface area contributed by atoms with Crippen molar-refractivity contribution in [3.8, 4) is 22.6 Å². The summed E-state index contributed by atoms with van der Waals surface area (Å²) in [5, 5.41) is 0. The van der Waals surface area contributed by atoms with Crippen LogP contribution < -0.4 is 14.3 Å². The number of carbonyl (C=O) groups excluding carboxylic acids is 2. The third-order valence-electron chi connectivity index (χ3n) is 5.30. The Morgan fingerprint density at radius 2 is 1.64 bits per heavy atom. The highest BCUT2D eigenvalue weighted by Gasteiger charge is 2.18. The molecule has 0 saturated carbocycles. The fourth-order valence-electron chi connectivity index (χ4n) is 3.63. The van der Waals surface area contributed by atoms with Crippen LogP contribution in [0.3, 0.4) is 0 Å². The zero-order valence-electron chi connectivity index (χ0n) is 17.8. The Morgan fingerprint density at radius 1 is 0.970 bits per heavy atom. The lowest BCUT2D eigenvalue weighted by atomic mass is 10.0. The summed E-state index contributed by atoms with van der Waals surface area (Å²) in [6, 6.07) is 20.9. The van der Waals surface area contributed by atoms with Gasteiger partial charge in [0.25, 0.3) is 5.91 Å². The van der Waals surface area contributed by atoms with Crippen LogP contribution in [0, 0.1) is 0 Å².